The van der Waals surface area contributed by atoms with Gasteiger partial charge in [-0.1, -0.05) is 37.3 Å². The van der Waals surface area contributed by atoms with Gasteiger partial charge in [0.15, 0.2) is 0 Å². The maximum Gasteiger partial charge on any atom is 0.318 e. The highest BCUT2D eigenvalue weighted by Crippen LogP contribution is 2.22. The zero-order chi connectivity index (χ0) is 15.8. The van der Waals surface area contributed by atoms with Crippen molar-refractivity contribution < 1.29 is 14.3 Å². The lowest BCUT2D eigenvalue weighted by atomic mass is 10.0. The predicted molar refractivity (Wildman–Crippen MR) is 84.5 cm³/mol. The molecule has 118 valence electrons. The number of carbonyl (C=O) groups excluding carboxylic acids is 1. The van der Waals surface area contributed by atoms with Gasteiger partial charge < -0.3 is 19.7 Å². The summed E-state index contributed by atoms with van der Waals surface area (Å²) in [6.07, 6.45) is 2.43. The van der Waals surface area contributed by atoms with E-state index in [2.05, 4.69) is 5.32 Å². The van der Waals surface area contributed by atoms with Crippen molar-refractivity contribution in [2.75, 3.05) is 19.7 Å². The lowest BCUT2D eigenvalue weighted by Crippen LogP contribution is -2.43. The van der Waals surface area contributed by atoms with E-state index in [-0.39, 0.29) is 18.7 Å². The molecule has 1 unspecified atom stereocenters. The van der Waals surface area contributed by atoms with Gasteiger partial charge >= 0.3 is 6.03 Å². The van der Waals surface area contributed by atoms with Gasteiger partial charge in [-0.05, 0) is 24.1 Å². The molecule has 0 saturated carbocycles. The summed E-state index contributed by atoms with van der Waals surface area (Å²) < 4.78 is 5.47. The van der Waals surface area contributed by atoms with E-state index in [1.165, 1.54) is 0 Å². The predicted octanol–water partition coefficient (Wildman–Crippen LogP) is 2.78. The number of aliphatic hydroxyl groups excluding tert-OH is 1. The quantitative estimate of drug-likeness (QED) is 0.826. The fraction of sp³-hybridized carbons (Fsp3) is 0.353. The van der Waals surface area contributed by atoms with Crippen LogP contribution in [0, 0.1) is 0 Å². The number of amides is 2. The van der Waals surface area contributed by atoms with Crippen LogP contribution in [0.4, 0.5) is 4.79 Å². The number of furan rings is 1. The van der Waals surface area contributed by atoms with Crippen molar-refractivity contribution in [2.24, 2.45) is 0 Å². The van der Waals surface area contributed by atoms with Crippen molar-refractivity contribution >= 4 is 6.03 Å². The molecule has 22 heavy (non-hydrogen) atoms. The zero-order valence-corrected chi connectivity index (χ0v) is 12.7. The standard InChI is InChI=1S/C17H22N2O3/c1-2-10-19(11-12-20)17(21)18-16(15-9-6-13-22-15)14-7-4-3-5-8-14/h3-9,13,16,20H,2,10-12H2,1H3,(H,18,21). The molecule has 0 saturated heterocycles. The lowest BCUT2D eigenvalue weighted by molar-refractivity contribution is 0.174. The van der Waals surface area contributed by atoms with E-state index in [0.29, 0.717) is 18.8 Å². The van der Waals surface area contributed by atoms with Crippen LogP contribution in [0.15, 0.2) is 53.1 Å². The summed E-state index contributed by atoms with van der Waals surface area (Å²) in [5.41, 5.74) is 0.950. The highest BCUT2D eigenvalue weighted by atomic mass is 16.3. The van der Waals surface area contributed by atoms with Crippen LogP contribution < -0.4 is 5.32 Å². The normalized spacial score (nSPS) is 11.9. The minimum atomic E-state index is -0.346. The second-order valence-corrected chi connectivity index (χ2v) is 5.02. The van der Waals surface area contributed by atoms with Crippen LogP contribution in [0.3, 0.4) is 0 Å². The Kier molecular flexibility index (Phi) is 6.03. The Labute approximate surface area is 130 Å². The van der Waals surface area contributed by atoms with E-state index < -0.39 is 0 Å². The zero-order valence-electron chi connectivity index (χ0n) is 12.7. The summed E-state index contributed by atoms with van der Waals surface area (Å²) in [7, 11) is 0. The third-order valence-electron chi connectivity index (χ3n) is 3.38. The molecule has 0 fully saturated rings. The molecule has 0 aliphatic rings. The second kappa shape index (κ2) is 8.24. The average molecular weight is 302 g/mol. The van der Waals surface area contributed by atoms with Crippen LogP contribution in [-0.4, -0.2) is 35.7 Å². The van der Waals surface area contributed by atoms with Gasteiger partial charge in [0.25, 0.3) is 0 Å². The highest BCUT2D eigenvalue weighted by molar-refractivity contribution is 5.75. The second-order valence-electron chi connectivity index (χ2n) is 5.02. The Morgan fingerprint density at radius 3 is 2.59 bits per heavy atom. The number of rotatable bonds is 7. The first-order valence-electron chi connectivity index (χ1n) is 7.51. The monoisotopic (exact) mass is 302 g/mol. The number of hydrogen-bond donors (Lipinski definition) is 2. The number of aliphatic hydroxyl groups is 1. The molecule has 0 aliphatic heterocycles. The fourth-order valence-electron chi connectivity index (χ4n) is 2.34. The van der Waals surface area contributed by atoms with E-state index in [4.69, 9.17) is 9.52 Å². The highest BCUT2D eigenvalue weighted by Gasteiger charge is 2.22. The van der Waals surface area contributed by atoms with Gasteiger partial charge in [-0.25, -0.2) is 4.79 Å². The molecule has 1 aromatic carbocycles. The van der Waals surface area contributed by atoms with E-state index >= 15 is 0 Å². The molecule has 1 heterocycles. The number of carbonyl (C=O) groups is 1. The summed E-state index contributed by atoms with van der Waals surface area (Å²) in [6.45, 7) is 2.87. The van der Waals surface area contributed by atoms with Crippen LogP contribution in [-0.2, 0) is 0 Å². The molecule has 1 atom stereocenters. The molecular weight excluding hydrogens is 280 g/mol. The van der Waals surface area contributed by atoms with Crippen molar-refractivity contribution in [2.45, 2.75) is 19.4 Å². The molecule has 2 rings (SSSR count). The van der Waals surface area contributed by atoms with Crippen LogP contribution in [0.25, 0.3) is 0 Å². The summed E-state index contributed by atoms with van der Waals surface area (Å²) in [5.74, 6) is 0.681. The van der Waals surface area contributed by atoms with Gasteiger partial charge in [-0.15, -0.1) is 0 Å². The number of urea groups is 1. The molecule has 2 amide bonds. The first kappa shape index (κ1) is 16.1. The topological polar surface area (TPSA) is 65.7 Å². The van der Waals surface area contributed by atoms with Crippen molar-refractivity contribution in [3.63, 3.8) is 0 Å². The Morgan fingerprint density at radius 2 is 2.00 bits per heavy atom. The van der Waals surface area contributed by atoms with Gasteiger partial charge in [0.1, 0.15) is 11.8 Å². The lowest BCUT2D eigenvalue weighted by Gasteiger charge is -2.25. The van der Waals surface area contributed by atoms with Gasteiger partial charge in [0.2, 0.25) is 0 Å². The van der Waals surface area contributed by atoms with E-state index in [1.54, 1.807) is 17.2 Å². The Hall–Kier alpha value is -2.27. The molecule has 0 bridgehead atoms. The van der Waals surface area contributed by atoms with Crippen molar-refractivity contribution in [3.05, 3.63) is 60.1 Å². The SMILES string of the molecule is CCCN(CCO)C(=O)NC(c1ccccc1)c1ccco1. The molecular formula is C17H22N2O3. The third kappa shape index (κ3) is 4.11. The van der Waals surface area contributed by atoms with Gasteiger partial charge in [0.05, 0.1) is 12.9 Å². The molecule has 0 aliphatic carbocycles. The molecule has 1 aromatic heterocycles. The van der Waals surface area contributed by atoms with E-state index in [1.807, 2.05) is 43.3 Å². The molecule has 0 radical (unpaired) electrons. The number of benzene rings is 1. The van der Waals surface area contributed by atoms with Crippen LogP contribution in [0.5, 0.6) is 0 Å². The maximum atomic E-state index is 12.5. The smallest absolute Gasteiger partial charge is 0.318 e. The first-order chi connectivity index (χ1) is 10.8. The molecule has 0 spiro atoms. The van der Waals surface area contributed by atoms with Crippen molar-refractivity contribution in [1.82, 2.24) is 10.2 Å². The van der Waals surface area contributed by atoms with E-state index in [9.17, 15) is 4.79 Å². The van der Waals surface area contributed by atoms with Gasteiger partial charge in [-0.3, -0.25) is 0 Å². The fourth-order valence-corrected chi connectivity index (χ4v) is 2.34. The number of hydrogen-bond acceptors (Lipinski definition) is 3. The van der Waals surface area contributed by atoms with Crippen LogP contribution in [0.2, 0.25) is 0 Å². The van der Waals surface area contributed by atoms with Crippen molar-refractivity contribution in [1.29, 1.82) is 0 Å². The van der Waals surface area contributed by atoms with E-state index in [0.717, 1.165) is 12.0 Å². The molecule has 5 nitrogen and oxygen atoms in total. The number of nitrogens with one attached hydrogen (secondary N) is 1. The molecule has 2 N–H and O–H groups in total. The largest absolute Gasteiger partial charge is 0.467 e. The van der Waals surface area contributed by atoms with Crippen molar-refractivity contribution in [3.8, 4) is 0 Å². The van der Waals surface area contributed by atoms with Crippen LogP contribution >= 0.6 is 0 Å². The first-order valence-corrected chi connectivity index (χ1v) is 7.51. The van der Waals surface area contributed by atoms with Gasteiger partial charge in [0, 0.05) is 13.1 Å². The summed E-state index contributed by atoms with van der Waals surface area (Å²) >= 11 is 0. The number of nitrogens with zero attached hydrogens (tertiary/aromatic N) is 1. The maximum absolute atomic E-state index is 12.5. The minimum absolute atomic E-state index is 0.0514. The minimum Gasteiger partial charge on any atom is -0.467 e. The summed E-state index contributed by atoms with van der Waals surface area (Å²) in [5, 5.41) is 12.1. The Morgan fingerprint density at radius 1 is 1.23 bits per heavy atom. The third-order valence-corrected chi connectivity index (χ3v) is 3.38. The Bertz CT molecular complexity index is 549. The molecule has 2 aromatic rings. The molecule has 5 heteroatoms. The van der Waals surface area contributed by atoms with Gasteiger partial charge in [-0.2, -0.15) is 0 Å². The average Bonchev–Trinajstić information content (AvgIpc) is 3.07. The summed E-state index contributed by atoms with van der Waals surface area (Å²) in [6, 6.07) is 12.8. The van der Waals surface area contributed by atoms with Crippen LogP contribution in [0.1, 0.15) is 30.7 Å². The summed E-state index contributed by atoms with van der Waals surface area (Å²) in [4.78, 5) is 14.1. The Balaban J connectivity index is 2.18.